The van der Waals surface area contributed by atoms with E-state index >= 15 is 0 Å². The molecule has 0 aromatic heterocycles. The average molecular weight is 346 g/mol. The number of hydrogen-bond acceptors (Lipinski definition) is 3. The lowest BCUT2D eigenvalue weighted by Crippen LogP contribution is -2.51. The molecule has 4 heteroatoms. The van der Waals surface area contributed by atoms with Crippen LogP contribution in [0.2, 0.25) is 5.02 Å². The Hall–Kier alpha value is -1.55. The highest BCUT2D eigenvalue weighted by Gasteiger charge is 2.34. The van der Waals surface area contributed by atoms with E-state index in [4.69, 9.17) is 16.3 Å². The molecule has 0 amide bonds. The van der Waals surface area contributed by atoms with E-state index in [9.17, 15) is 5.11 Å². The number of ether oxygens (including phenoxy) is 1. The highest BCUT2D eigenvalue weighted by molar-refractivity contribution is 6.30. The molecule has 1 fully saturated rings. The lowest BCUT2D eigenvalue weighted by molar-refractivity contribution is -0.0621. The van der Waals surface area contributed by atoms with Crippen LogP contribution in [0.3, 0.4) is 0 Å². The van der Waals surface area contributed by atoms with Crippen molar-refractivity contribution < 1.29 is 9.84 Å². The fraction of sp³-hybridized carbons (Fsp3) is 0.400. The van der Waals surface area contributed by atoms with Gasteiger partial charge < -0.3 is 9.84 Å². The van der Waals surface area contributed by atoms with Crippen LogP contribution in [0.5, 0.6) is 5.75 Å². The first-order valence-electron chi connectivity index (χ1n) is 8.41. The molecule has 1 aliphatic rings. The first-order valence-corrected chi connectivity index (χ1v) is 8.79. The van der Waals surface area contributed by atoms with Gasteiger partial charge in [-0.25, -0.2) is 0 Å². The van der Waals surface area contributed by atoms with Gasteiger partial charge in [0, 0.05) is 18.1 Å². The predicted octanol–water partition coefficient (Wildman–Crippen LogP) is 4.05. The van der Waals surface area contributed by atoms with Crippen LogP contribution in [0, 0.1) is 6.92 Å². The standard InChI is InChI=1S/C20H24ClNO2/c1-16-6-8-17(9-7-16)13-22-11-3-10-20(23,14-22)15-24-19-5-2-4-18(21)12-19/h2,4-9,12,23H,3,10-11,13-15H2,1H3. The molecule has 2 aromatic rings. The molecule has 0 radical (unpaired) electrons. The van der Waals surface area contributed by atoms with E-state index in [1.807, 2.05) is 18.2 Å². The molecule has 3 rings (SSSR count). The van der Waals surface area contributed by atoms with Crippen LogP contribution in [0.4, 0.5) is 0 Å². The maximum Gasteiger partial charge on any atom is 0.120 e. The number of halogens is 1. The molecule has 1 aliphatic heterocycles. The Morgan fingerprint density at radius 2 is 2.00 bits per heavy atom. The van der Waals surface area contributed by atoms with E-state index in [1.165, 1.54) is 11.1 Å². The van der Waals surface area contributed by atoms with Gasteiger partial charge in [0.15, 0.2) is 0 Å². The Kier molecular flexibility index (Phi) is 5.44. The molecule has 0 spiro atoms. The molecule has 0 saturated carbocycles. The second-order valence-electron chi connectivity index (χ2n) is 6.77. The smallest absolute Gasteiger partial charge is 0.120 e. The van der Waals surface area contributed by atoms with E-state index in [0.717, 1.165) is 25.9 Å². The third-order valence-electron chi connectivity index (χ3n) is 4.46. The van der Waals surface area contributed by atoms with Crippen LogP contribution in [-0.4, -0.2) is 35.3 Å². The Morgan fingerprint density at radius 1 is 1.21 bits per heavy atom. The number of likely N-dealkylation sites (tertiary alicyclic amines) is 1. The number of nitrogens with zero attached hydrogens (tertiary/aromatic N) is 1. The van der Waals surface area contributed by atoms with E-state index in [0.29, 0.717) is 17.3 Å². The molecule has 128 valence electrons. The summed E-state index contributed by atoms with van der Waals surface area (Å²) in [4.78, 5) is 2.30. The largest absolute Gasteiger partial charge is 0.490 e. The number of rotatable bonds is 5. The van der Waals surface area contributed by atoms with Crippen molar-refractivity contribution in [2.75, 3.05) is 19.7 Å². The number of piperidine rings is 1. The van der Waals surface area contributed by atoms with Gasteiger partial charge >= 0.3 is 0 Å². The summed E-state index contributed by atoms with van der Waals surface area (Å²) in [6.45, 7) is 4.88. The first kappa shape index (κ1) is 17.3. The van der Waals surface area contributed by atoms with E-state index in [-0.39, 0.29) is 6.61 Å². The van der Waals surface area contributed by atoms with Gasteiger partial charge in [-0.3, -0.25) is 4.90 Å². The molecule has 0 aliphatic carbocycles. The highest BCUT2D eigenvalue weighted by Crippen LogP contribution is 2.25. The van der Waals surface area contributed by atoms with Gasteiger partial charge in [0.1, 0.15) is 18.0 Å². The minimum Gasteiger partial charge on any atom is -0.490 e. The number of β-amino-alcohol motifs (C(OH)–C–C–N with tert-alkyl or cyclic N) is 1. The molecule has 24 heavy (non-hydrogen) atoms. The Balaban J connectivity index is 1.58. The number of benzene rings is 2. The predicted molar refractivity (Wildman–Crippen MR) is 97.6 cm³/mol. The lowest BCUT2D eigenvalue weighted by atomic mass is 9.93. The van der Waals surface area contributed by atoms with Crippen LogP contribution < -0.4 is 4.74 Å². The van der Waals surface area contributed by atoms with Crippen LogP contribution in [0.15, 0.2) is 48.5 Å². The normalized spacial score (nSPS) is 21.6. The summed E-state index contributed by atoms with van der Waals surface area (Å²) in [5, 5.41) is 11.5. The summed E-state index contributed by atoms with van der Waals surface area (Å²) in [5.41, 5.74) is 1.73. The minimum absolute atomic E-state index is 0.289. The molecule has 1 atom stereocenters. The van der Waals surface area contributed by atoms with Crippen molar-refractivity contribution in [1.29, 1.82) is 0 Å². The maximum absolute atomic E-state index is 10.9. The van der Waals surface area contributed by atoms with Gasteiger partial charge in [0.05, 0.1) is 0 Å². The molecule has 1 N–H and O–H groups in total. The highest BCUT2D eigenvalue weighted by atomic mass is 35.5. The summed E-state index contributed by atoms with van der Waals surface area (Å²) >= 11 is 5.97. The van der Waals surface area contributed by atoms with E-state index < -0.39 is 5.60 Å². The van der Waals surface area contributed by atoms with Gasteiger partial charge in [-0.05, 0) is 50.1 Å². The molecule has 1 saturated heterocycles. The summed E-state index contributed by atoms with van der Waals surface area (Å²) in [7, 11) is 0. The number of hydrogen-bond donors (Lipinski definition) is 1. The van der Waals surface area contributed by atoms with Crippen molar-refractivity contribution in [3.8, 4) is 5.75 Å². The number of aryl methyl sites for hydroxylation is 1. The van der Waals surface area contributed by atoms with Crippen LogP contribution >= 0.6 is 11.6 Å². The number of aliphatic hydroxyl groups is 1. The molecule has 3 nitrogen and oxygen atoms in total. The maximum atomic E-state index is 10.9. The van der Waals surface area contributed by atoms with Crippen LogP contribution in [-0.2, 0) is 6.54 Å². The van der Waals surface area contributed by atoms with Crippen LogP contribution in [0.1, 0.15) is 24.0 Å². The van der Waals surface area contributed by atoms with Gasteiger partial charge in [0.25, 0.3) is 0 Å². The summed E-state index contributed by atoms with van der Waals surface area (Å²) < 4.78 is 5.78. The van der Waals surface area contributed by atoms with Crippen molar-refractivity contribution in [3.63, 3.8) is 0 Å². The Morgan fingerprint density at radius 3 is 2.75 bits per heavy atom. The first-order chi connectivity index (χ1) is 11.5. The van der Waals surface area contributed by atoms with Crippen molar-refractivity contribution >= 4 is 11.6 Å². The van der Waals surface area contributed by atoms with Crippen molar-refractivity contribution in [2.45, 2.75) is 31.9 Å². The van der Waals surface area contributed by atoms with Crippen LogP contribution in [0.25, 0.3) is 0 Å². The van der Waals surface area contributed by atoms with E-state index in [2.05, 4.69) is 36.1 Å². The summed E-state index contributed by atoms with van der Waals surface area (Å²) in [5.74, 6) is 0.701. The molecule has 0 bridgehead atoms. The fourth-order valence-electron chi connectivity index (χ4n) is 3.18. The molecule has 1 unspecified atom stereocenters. The van der Waals surface area contributed by atoms with Gasteiger partial charge in [-0.2, -0.15) is 0 Å². The summed E-state index contributed by atoms with van der Waals surface area (Å²) in [6.07, 6.45) is 1.74. The van der Waals surface area contributed by atoms with Gasteiger partial charge in [0.2, 0.25) is 0 Å². The zero-order valence-corrected chi connectivity index (χ0v) is 14.8. The monoisotopic (exact) mass is 345 g/mol. The van der Waals surface area contributed by atoms with Crippen molar-refractivity contribution in [2.24, 2.45) is 0 Å². The molecular formula is C20H24ClNO2. The minimum atomic E-state index is -0.814. The summed E-state index contributed by atoms with van der Waals surface area (Å²) in [6, 6.07) is 15.9. The van der Waals surface area contributed by atoms with Crippen molar-refractivity contribution in [1.82, 2.24) is 4.90 Å². The Bertz CT molecular complexity index is 674. The van der Waals surface area contributed by atoms with Gasteiger partial charge in [-0.1, -0.05) is 47.5 Å². The molecule has 2 aromatic carbocycles. The SMILES string of the molecule is Cc1ccc(CN2CCCC(O)(COc3cccc(Cl)c3)C2)cc1. The second-order valence-corrected chi connectivity index (χ2v) is 7.21. The fourth-order valence-corrected chi connectivity index (χ4v) is 3.37. The third kappa shape index (κ3) is 4.73. The van der Waals surface area contributed by atoms with Crippen molar-refractivity contribution in [3.05, 3.63) is 64.7 Å². The zero-order chi connectivity index (χ0) is 17.0. The Labute approximate surface area is 148 Å². The van der Waals surface area contributed by atoms with E-state index in [1.54, 1.807) is 6.07 Å². The molecular weight excluding hydrogens is 322 g/mol. The molecule has 1 heterocycles. The quantitative estimate of drug-likeness (QED) is 0.887. The third-order valence-corrected chi connectivity index (χ3v) is 4.70. The zero-order valence-electron chi connectivity index (χ0n) is 14.0. The van der Waals surface area contributed by atoms with Gasteiger partial charge in [-0.15, -0.1) is 0 Å². The average Bonchev–Trinajstić information content (AvgIpc) is 2.56. The lowest BCUT2D eigenvalue weighted by Gasteiger charge is -2.39. The second kappa shape index (κ2) is 7.56. The topological polar surface area (TPSA) is 32.7 Å².